The fraction of sp³-hybridized carbons (Fsp3) is 0.409. The zero-order valence-electron chi connectivity index (χ0n) is 16.6. The Balaban J connectivity index is 2.52. The van der Waals surface area contributed by atoms with Gasteiger partial charge in [0.25, 0.3) is 0 Å². The number of hydrogen-bond donors (Lipinski definition) is 0. The summed E-state index contributed by atoms with van der Waals surface area (Å²) in [7, 11) is 1.64. The number of methoxy groups -OCH3 is 1. The predicted molar refractivity (Wildman–Crippen MR) is 106 cm³/mol. The van der Waals surface area contributed by atoms with Gasteiger partial charge in [-0.1, -0.05) is 39.0 Å². The van der Waals surface area contributed by atoms with Crippen molar-refractivity contribution in [3.05, 3.63) is 48.0 Å². The lowest BCUT2D eigenvalue weighted by atomic mass is 9.85. The van der Waals surface area contributed by atoms with Gasteiger partial charge < -0.3 is 14.4 Å². The quantitative estimate of drug-likeness (QED) is 0.711. The zero-order chi connectivity index (χ0) is 19.3. The van der Waals surface area contributed by atoms with Crippen LogP contribution in [0.1, 0.15) is 40.2 Å². The van der Waals surface area contributed by atoms with Crippen molar-refractivity contribution >= 4 is 6.09 Å². The van der Waals surface area contributed by atoms with E-state index in [-0.39, 0.29) is 11.5 Å². The number of carbonyl (C=O) groups is 1. The van der Waals surface area contributed by atoms with Gasteiger partial charge in [-0.05, 0) is 54.7 Å². The lowest BCUT2D eigenvalue weighted by Crippen LogP contribution is -2.33. The van der Waals surface area contributed by atoms with Gasteiger partial charge in [0.1, 0.15) is 11.5 Å². The minimum atomic E-state index is -0.331. The van der Waals surface area contributed by atoms with Crippen LogP contribution in [0.25, 0.3) is 11.1 Å². The van der Waals surface area contributed by atoms with Crippen molar-refractivity contribution in [2.24, 2.45) is 0 Å². The maximum Gasteiger partial charge on any atom is 0.415 e. The van der Waals surface area contributed by atoms with Crippen LogP contribution in [0.4, 0.5) is 4.79 Å². The highest BCUT2D eigenvalue weighted by Crippen LogP contribution is 2.36. The Morgan fingerprint density at radius 3 is 2.31 bits per heavy atom. The van der Waals surface area contributed by atoms with Gasteiger partial charge in [0.05, 0.1) is 7.11 Å². The second-order valence-electron chi connectivity index (χ2n) is 7.23. The number of amides is 1. The predicted octanol–water partition coefficient (Wildman–Crippen LogP) is 5.50. The van der Waals surface area contributed by atoms with Gasteiger partial charge in [0, 0.05) is 18.7 Å². The van der Waals surface area contributed by atoms with Crippen LogP contribution in [-0.2, 0) is 5.41 Å². The van der Waals surface area contributed by atoms with Gasteiger partial charge in [0.2, 0.25) is 0 Å². The van der Waals surface area contributed by atoms with E-state index < -0.39 is 0 Å². The fourth-order valence-electron chi connectivity index (χ4n) is 2.74. The Morgan fingerprint density at radius 1 is 1.04 bits per heavy atom. The van der Waals surface area contributed by atoms with E-state index in [1.54, 1.807) is 12.0 Å². The highest BCUT2D eigenvalue weighted by molar-refractivity contribution is 5.78. The van der Waals surface area contributed by atoms with E-state index in [2.05, 4.69) is 26.8 Å². The van der Waals surface area contributed by atoms with Crippen LogP contribution in [0.2, 0.25) is 0 Å². The molecule has 1 amide bonds. The summed E-state index contributed by atoms with van der Waals surface area (Å²) in [5.74, 6) is 1.33. The van der Waals surface area contributed by atoms with E-state index in [9.17, 15) is 4.79 Å². The zero-order valence-corrected chi connectivity index (χ0v) is 16.6. The number of nitrogens with zero attached hydrogens (tertiary/aromatic N) is 1. The van der Waals surface area contributed by atoms with Gasteiger partial charge in [0.15, 0.2) is 0 Å². The third kappa shape index (κ3) is 4.57. The summed E-state index contributed by atoms with van der Waals surface area (Å²) in [5, 5.41) is 0. The van der Waals surface area contributed by atoms with Gasteiger partial charge in [-0.3, -0.25) is 0 Å². The van der Waals surface area contributed by atoms with Gasteiger partial charge in [-0.15, -0.1) is 0 Å². The monoisotopic (exact) mass is 355 g/mol. The molecule has 0 atom stereocenters. The molecule has 26 heavy (non-hydrogen) atoms. The van der Waals surface area contributed by atoms with E-state index in [1.807, 2.05) is 50.2 Å². The van der Waals surface area contributed by atoms with E-state index in [0.717, 1.165) is 16.9 Å². The van der Waals surface area contributed by atoms with Crippen LogP contribution in [0, 0.1) is 0 Å². The molecule has 0 spiro atoms. The molecule has 0 aliphatic heterocycles. The van der Waals surface area contributed by atoms with Gasteiger partial charge >= 0.3 is 6.09 Å². The maximum absolute atomic E-state index is 12.4. The van der Waals surface area contributed by atoms with Crippen molar-refractivity contribution in [3.63, 3.8) is 0 Å². The SMILES string of the molecule is CCN(CC)C(=O)Oc1ccc(C(C)(C)C)cc1-c1cccc(OC)c1. The van der Waals surface area contributed by atoms with Crippen molar-refractivity contribution in [2.45, 2.75) is 40.0 Å². The first-order valence-electron chi connectivity index (χ1n) is 9.05. The van der Waals surface area contributed by atoms with E-state index in [4.69, 9.17) is 9.47 Å². The fourth-order valence-corrected chi connectivity index (χ4v) is 2.74. The number of rotatable bonds is 5. The number of hydrogen-bond acceptors (Lipinski definition) is 3. The second kappa shape index (κ2) is 8.26. The number of benzene rings is 2. The minimum Gasteiger partial charge on any atom is -0.497 e. The third-order valence-corrected chi connectivity index (χ3v) is 4.45. The molecule has 0 saturated heterocycles. The van der Waals surface area contributed by atoms with Crippen LogP contribution < -0.4 is 9.47 Å². The summed E-state index contributed by atoms with van der Waals surface area (Å²) >= 11 is 0. The molecular formula is C22H29NO3. The molecule has 0 bridgehead atoms. The second-order valence-corrected chi connectivity index (χ2v) is 7.23. The Bertz CT molecular complexity index is 758. The van der Waals surface area contributed by atoms with Crippen LogP contribution in [-0.4, -0.2) is 31.2 Å². The molecule has 2 aromatic carbocycles. The molecule has 2 rings (SSSR count). The first-order chi connectivity index (χ1) is 12.3. The number of ether oxygens (including phenoxy) is 2. The van der Waals surface area contributed by atoms with E-state index in [1.165, 1.54) is 5.56 Å². The van der Waals surface area contributed by atoms with Crippen LogP contribution in [0.3, 0.4) is 0 Å². The molecule has 0 aromatic heterocycles. The summed E-state index contributed by atoms with van der Waals surface area (Å²) in [6, 6.07) is 13.8. The first kappa shape index (κ1) is 19.8. The standard InChI is InChI=1S/C22H29NO3/c1-7-23(8-2)21(24)26-20-13-12-17(22(3,4)5)15-19(20)16-10-9-11-18(14-16)25-6/h9-15H,7-8H2,1-6H3. The normalized spacial score (nSPS) is 11.2. The molecule has 0 saturated carbocycles. The van der Waals surface area contributed by atoms with Crippen molar-refractivity contribution in [1.29, 1.82) is 0 Å². The molecule has 2 aromatic rings. The Morgan fingerprint density at radius 2 is 1.73 bits per heavy atom. The molecule has 0 N–H and O–H groups in total. The molecular weight excluding hydrogens is 326 g/mol. The Kier molecular flexibility index (Phi) is 6.30. The third-order valence-electron chi connectivity index (χ3n) is 4.45. The Hall–Kier alpha value is -2.49. The van der Waals surface area contributed by atoms with Crippen molar-refractivity contribution < 1.29 is 14.3 Å². The average molecular weight is 355 g/mol. The summed E-state index contributed by atoms with van der Waals surface area (Å²) in [6.45, 7) is 11.6. The maximum atomic E-state index is 12.4. The largest absolute Gasteiger partial charge is 0.497 e. The summed E-state index contributed by atoms with van der Waals surface area (Å²) < 4.78 is 11.1. The van der Waals surface area contributed by atoms with Crippen LogP contribution in [0.5, 0.6) is 11.5 Å². The lowest BCUT2D eigenvalue weighted by Gasteiger charge is -2.23. The van der Waals surface area contributed by atoms with E-state index >= 15 is 0 Å². The average Bonchev–Trinajstić information content (AvgIpc) is 2.62. The molecule has 0 fully saturated rings. The summed E-state index contributed by atoms with van der Waals surface area (Å²) in [4.78, 5) is 14.1. The van der Waals surface area contributed by atoms with Crippen molar-refractivity contribution in [2.75, 3.05) is 20.2 Å². The summed E-state index contributed by atoms with van der Waals surface area (Å²) in [6.07, 6.45) is -0.331. The van der Waals surface area contributed by atoms with E-state index in [0.29, 0.717) is 18.8 Å². The highest BCUT2D eigenvalue weighted by Gasteiger charge is 2.20. The molecule has 0 unspecified atom stereocenters. The van der Waals surface area contributed by atoms with Gasteiger partial charge in [-0.2, -0.15) is 0 Å². The molecule has 4 nitrogen and oxygen atoms in total. The van der Waals surface area contributed by atoms with Crippen LogP contribution >= 0.6 is 0 Å². The molecule has 0 heterocycles. The van der Waals surface area contributed by atoms with Crippen LogP contribution in [0.15, 0.2) is 42.5 Å². The topological polar surface area (TPSA) is 38.8 Å². The van der Waals surface area contributed by atoms with Crippen molar-refractivity contribution in [3.8, 4) is 22.6 Å². The molecule has 0 aliphatic rings. The minimum absolute atomic E-state index is 0.00493. The number of carbonyl (C=O) groups excluding carboxylic acids is 1. The molecule has 4 heteroatoms. The molecule has 0 radical (unpaired) electrons. The first-order valence-corrected chi connectivity index (χ1v) is 9.05. The molecule has 0 aliphatic carbocycles. The van der Waals surface area contributed by atoms with Crippen molar-refractivity contribution in [1.82, 2.24) is 4.90 Å². The molecule has 140 valence electrons. The smallest absolute Gasteiger partial charge is 0.415 e. The highest BCUT2D eigenvalue weighted by atomic mass is 16.6. The Labute approximate surface area is 156 Å². The summed E-state index contributed by atoms with van der Waals surface area (Å²) in [5.41, 5.74) is 3.02. The lowest BCUT2D eigenvalue weighted by molar-refractivity contribution is 0.157. The van der Waals surface area contributed by atoms with Gasteiger partial charge in [-0.25, -0.2) is 4.79 Å².